The van der Waals surface area contributed by atoms with Gasteiger partial charge >= 0.3 is 0 Å². The highest BCUT2D eigenvalue weighted by molar-refractivity contribution is 5.58. The Bertz CT molecular complexity index is 1150. The van der Waals surface area contributed by atoms with Crippen LogP contribution in [0.3, 0.4) is 0 Å². The van der Waals surface area contributed by atoms with E-state index in [1.807, 2.05) is 6.07 Å². The topological polar surface area (TPSA) is 78.0 Å². The molecule has 0 spiro atoms. The van der Waals surface area contributed by atoms with E-state index in [1.54, 1.807) is 6.33 Å². The molecule has 0 saturated carbocycles. The number of rotatable bonds is 9. The monoisotopic (exact) mass is 502 g/mol. The first kappa shape index (κ1) is 24.3. The van der Waals surface area contributed by atoms with Gasteiger partial charge in [-0.1, -0.05) is 54.6 Å². The first-order chi connectivity index (χ1) is 18.3. The van der Waals surface area contributed by atoms with Crippen molar-refractivity contribution in [1.82, 2.24) is 14.9 Å². The van der Waals surface area contributed by atoms with Gasteiger partial charge in [-0.15, -0.1) is 0 Å². The van der Waals surface area contributed by atoms with Gasteiger partial charge in [0.2, 0.25) is 5.88 Å². The zero-order valence-corrected chi connectivity index (χ0v) is 21.1. The van der Waals surface area contributed by atoms with Crippen molar-refractivity contribution in [3.63, 3.8) is 0 Å². The molecule has 8 heteroatoms. The Labute approximate surface area is 217 Å². The number of nitrogens with one attached hydrogen (secondary N) is 1. The van der Waals surface area contributed by atoms with Crippen LogP contribution in [-0.4, -0.2) is 73.8 Å². The van der Waals surface area contributed by atoms with E-state index in [9.17, 15) is 0 Å². The molecule has 0 bridgehead atoms. The van der Waals surface area contributed by atoms with E-state index in [4.69, 9.17) is 18.9 Å². The molecule has 0 aliphatic carbocycles. The van der Waals surface area contributed by atoms with Crippen molar-refractivity contribution in [2.75, 3.05) is 57.9 Å². The van der Waals surface area contributed by atoms with Crippen LogP contribution < -0.4 is 10.1 Å². The van der Waals surface area contributed by atoms with E-state index in [0.717, 1.165) is 62.6 Å². The summed E-state index contributed by atoms with van der Waals surface area (Å²) in [6.07, 6.45) is 3.32. The van der Waals surface area contributed by atoms with Crippen LogP contribution in [-0.2, 0) is 20.6 Å². The predicted octanol–water partition coefficient (Wildman–Crippen LogP) is 3.79. The van der Waals surface area contributed by atoms with Gasteiger partial charge in [-0.25, -0.2) is 9.97 Å². The van der Waals surface area contributed by atoms with Gasteiger partial charge in [-0.2, -0.15) is 0 Å². The van der Waals surface area contributed by atoms with Crippen LogP contribution in [0.1, 0.15) is 40.7 Å². The molecule has 3 aliphatic heterocycles. The zero-order valence-electron chi connectivity index (χ0n) is 21.1. The number of morpholine rings is 1. The molecule has 3 aliphatic rings. The maximum Gasteiger partial charge on any atom is 0.223 e. The lowest BCUT2D eigenvalue weighted by Gasteiger charge is -2.26. The second-order valence-corrected chi connectivity index (χ2v) is 9.72. The Kier molecular flexibility index (Phi) is 7.60. The highest BCUT2D eigenvalue weighted by Gasteiger charge is 2.40. The molecule has 194 valence electrons. The van der Waals surface area contributed by atoms with Crippen molar-refractivity contribution in [3.8, 4) is 5.88 Å². The van der Waals surface area contributed by atoms with Crippen molar-refractivity contribution in [2.45, 2.75) is 31.2 Å². The minimum Gasteiger partial charge on any atom is -0.468 e. The SMILES string of the molecule is c1ccc(C2c3c(NCC4OCCO4)ncnc3OC2c2ccc(CCCN3CCOCC3)cc2)cc1. The largest absolute Gasteiger partial charge is 0.468 e. The first-order valence-corrected chi connectivity index (χ1v) is 13.3. The summed E-state index contributed by atoms with van der Waals surface area (Å²) in [4.78, 5) is 11.6. The van der Waals surface area contributed by atoms with Crippen molar-refractivity contribution in [1.29, 1.82) is 0 Å². The van der Waals surface area contributed by atoms with Crippen LogP contribution >= 0.6 is 0 Å². The molecule has 8 nitrogen and oxygen atoms in total. The molecule has 2 saturated heterocycles. The van der Waals surface area contributed by atoms with Gasteiger partial charge in [0.1, 0.15) is 18.2 Å². The number of aryl methyl sites for hydroxylation is 1. The summed E-state index contributed by atoms with van der Waals surface area (Å²) >= 11 is 0. The highest BCUT2D eigenvalue weighted by Crippen LogP contribution is 2.50. The third-order valence-corrected chi connectivity index (χ3v) is 7.34. The number of hydrogen-bond donors (Lipinski definition) is 1. The van der Waals surface area contributed by atoms with Crippen LogP contribution in [0, 0.1) is 0 Å². The number of fused-ring (bicyclic) bond motifs is 1. The van der Waals surface area contributed by atoms with Crippen LogP contribution in [0.15, 0.2) is 60.9 Å². The highest BCUT2D eigenvalue weighted by atomic mass is 16.7. The van der Waals surface area contributed by atoms with Crippen molar-refractivity contribution in [2.24, 2.45) is 0 Å². The second-order valence-electron chi connectivity index (χ2n) is 9.72. The number of anilines is 1. The summed E-state index contributed by atoms with van der Waals surface area (Å²) < 4.78 is 23.2. The van der Waals surface area contributed by atoms with Crippen LogP contribution in [0.4, 0.5) is 5.82 Å². The molecule has 6 rings (SSSR count). The molecule has 0 amide bonds. The average Bonchev–Trinajstić information content (AvgIpc) is 3.62. The quantitative estimate of drug-likeness (QED) is 0.474. The lowest BCUT2D eigenvalue weighted by atomic mass is 9.85. The Balaban J connectivity index is 1.20. The number of ether oxygens (including phenoxy) is 4. The molecule has 4 heterocycles. The predicted molar refractivity (Wildman–Crippen MR) is 140 cm³/mol. The minimum atomic E-state index is -0.269. The third-order valence-electron chi connectivity index (χ3n) is 7.34. The molecule has 2 fully saturated rings. The fraction of sp³-hybridized carbons (Fsp3) is 0.448. The van der Waals surface area contributed by atoms with E-state index >= 15 is 0 Å². The fourth-order valence-corrected chi connectivity index (χ4v) is 5.41. The molecule has 1 N–H and O–H groups in total. The number of nitrogens with zero attached hydrogens (tertiary/aromatic N) is 3. The van der Waals surface area contributed by atoms with Gasteiger partial charge < -0.3 is 24.3 Å². The number of hydrogen-bond acceptors (Lipinski definition) is 8. The standard InChI is InChI=1S/C29H34N4O4/c1-2-6-22(7-3-1)25-26-28(30-19-24-35-17-18-36-24)31-20-32-29(26)37-27(25)23-10-8-21(9-11-23)5-4-12-33-13-15-34-16-14-33/h1-3,6-11,20,24-25,27H,4-5,12-19H2,(H,30,31,32). The molecule has 2 aromatic carbocycles. The second kappa shape index (κ2) is 11.6. The molecular weight excluding hydrogens is 468 g/mol. The zero-order chi connectivity index (χ0) is 24.9. The number of aromatic nitrogens is 2. The lowest BCUT2D eigenvalue weighted by Crippen LogP contribution is -2.36. The molecule has 1 aromatic heterocycles. The summed E-state index contributed by atoms with van der Waals surface area (Å²) in [5, 5.41) is 3.43. The normalized spacial score (nSPS) is 22.1. The molecular formula is C29H34N4O4. The van der Waals surface area contributed by atoms with E-state index in [0.29, 0.717) is 25.6 Å². The fourth-order valence-electron chi connectivity index (χ4n) is 5.41. The van der Waals surface area contributed by atoms with E-state index in [2.05, 4.69) is 68.7 Å². The van der Waals surface area contributed by atoms with E-state index in [-0.39, 0.29) is 18.3 Å². The summed E-state index contributed by atoms with van der Waals surface area (Å²) in [6.45, 7) is 6.67. The first-order valence-electron chi connectivity index (χ1n) is 13.3. The van der Waals surface area contributed by atoms with Crippen molar-refractivity contribution in [3.05, 3.63) is 83.2 Å². The summed E-state index contributed by atoms with van der Waals surface area (Å²) in [5.41, 5.74) is 4.64. The lowest BCUT2D eigenvalue weighted by molar-refractivity contribution is -0.0299. The van der Waals surface area contributed by atoms with Crippen molar-refractivity contribution >= 4 is 5.82 Å². The Morgan fingerprint density at radius 1 is 0.865 bits per heavy atom. The molecule has 0 radical (unpaired) electrons. The van der Waals surface area contributed by atoms with Gasteiger partial charge in [0, 0.05) is 13.1 Å². The molecule has 37 heavy (non-hydrogen) atoms. The van der Waals surface area contributed by atoms with E-state index in [1.165, 1.54) is 11.1 Å². The van der Waals surface area contributed by atoms with Gasteiger partial charge in [0.15, 0.2) is 6.29 Å². The summed E-state index contributed by atoms with van der Waals surface area (Å²) in [6, 6.07) is 19.4. The van der Waals surface area contributed by atoms with Crippen LogP contribution in [0.25, 0.3) is 0 Å². The summed E-state index contributed by atoms with van der Waals surface area (Å²) in [7, 11) is 0. The van der Waals surface area contributed by atoms with Gasteiger partial charge in [0.05, 0.1) is 44.5 Å². The third kappa shape index (κ3) is 5.62. The van der Waals surface area contributed by atoms with Gasteiger partial charge in [0.25, 0.3) is 0 Å². The maximum absolute atomic E-state index is 6.50. The van der Waals surface area contributed by atoms with Crippen molar-refractivity contribution < 1.29 is 18.9 Å². The maximum atomic E-state index is 6.50. The Morgan fingerprint density at radius 3 is 2.43 bits per heavy atom. The number of benzene rings is 2. The average molecular weight is 503 g/mol. The molecule has 2 atom stereocenters. The summed E-state index contributed by atoms with van der Waals surface area (Å²) in [5.74, 6) is 1.36. The van der Waals surface area contributed by atoms with Crippen LogP contribution in [0.5, 0.6) is 5.88 Å². The van der Waals surface area contributed by atoms with Gasteiger partial charge in [-0.05, 0) is 36.1 Å². The van der Waals surface area contributed by atoms with Crippen LogP contribution in [0.2, 0.25) is 0 Å². The van der Waals surface area contributed by atoms with Gasteiger partial charge in [-0.3, -0.25) is 4.90 Å². The Hall–Kier alpha value is -3.04. The molecule has 3 aromatic rings. The smallest absolute Gasteiger partial charge is 0.223 e. The minimum absolute atomic E-state index is 0.0301. The molecule has 2 unspecified atom stereocenters. The van der Waals surface area contributed by atoms with E-state index < -0.39 is 0 Å². The Morgan fingerprint density at radius 2 is 1.65 bits per heavy atom.